The number of fused-ring (bicyclic) bond motifs is 1. The van der Waals surface area contributed by atoms with E-state index >= 15 is 0 Å². The number of nitro benzene ring substituents is 1. The van der Waals surface area contributed by atoms with Gasteiger partial charge in [-0.15, -0.1) is 0 Å². The van der Waals surface area contributed by atoms with E-state index in [4.69, 9.17) is 14.6 Å². The van der Waals surface area contributed by atoms with Gasteiger partial charge >= 0.3 is 0 Å². The predicted octanol–water partition coefficient (Wildman–Crippen LogP) is 1.47. The van der Waals surface area contributed by atoms with Crippen molar-refractivity contribution in [1.82, 2.24) is 0 Å². The molecule has 8 nitrogen and oxygen atoms in total. The maximum absolute atomic E-state index is 11.7. The molecule has 114 valence electrons. The van der Waals surface area contributed by atoms with E-state index in [9.17, 15) is 14.9 Å². The van der Waals surface area contributed by atoms with Crippen LogP contribution < -0.4 is 14.8 Å². The number of nitro groups is 1. The lowest BCUT2D eigenvalue weighted by Crippen LogP contribution is -2.17. The van der Waals surface area contributed by atoms with E-state index in [1.54, 1.807) is 0 Å². The van der Waals surface area contributed by atoms with Crippen LogP contribution in [0.4, 0.5) is 11.4 Å². The Balaban J connectivity index is 2.17. The Morgan fingerprint density at radius 2 is 1.95 bits per heavy atom. The Labute approximate surface area is 120 Å². The molecule has 1 aliphatic heterocycles. The predicted molar refractivity (Wildman–Crippen MR) is 73.7 cm³/mol. The Kier molecular flexibility index (Phi) is 4.94. The van der Waals surface area contributed by atoms with Gasteiger partial charge in [0.15, 0.2) is 11.5 Å². The molecule has 0 fully saturated rings. The molecule has 0 aliphatic carbocycles. The first kappa shape index (κ1) is 15.0. The zero-order chi connectivity index (χ0) is 15.2. The average molecular weight is 296 g/mol. The van der Waals surface area contributed by atoms with Crippen molar-refractivity contribution in [2.45, 2.75) is 19.3 Å². The first-order valence-corrected chi connectivity index (χ1v) is 6.60. The molecule has 0 saturated carbocycles. The number of anilines is 1. The molecule has 0 atom stereocenters. The van der Waals surface area contributed by atoms with Gasteiger partial charge in [0.1, 0.15) is 18.9 Å². The lowest BCUT2D eigenvalue weighted by molar-refractivity contribution is -0.384. The summed E-state index contributed by atoms with van der Waals surface area (Å²) in [5.41, 5.74) is -0.159. The van der Waals surface area contributed by atoms with Crippen LogP contribution in [0.5, 0.6) is 11.5 Å². The summed E-state index contributed by atoms with van der Waals surface area (Å²) >= 11 is 0. The number of benzene rings is 1. The minimum absolute atomic E-state index is 0.0114. The van der Waals surface area contributed by atoms with Crippen LogP contribution in [0, 0.1) is 10.1 Å². The summed E-state index contributed by atoms with van der Waals surface area (Å²) < 4.78 is 10.6. The normalized spacial score (nSPS) is 12.8. The molecule has 2 rings (SSSR count). The van der Waals surface area contributed by atoms with Gasteiger partial charge in [-0.2, -0.15) is 0 Å². The van der Waals surface area contributed by atoms with Gasteiger partial charge in [0, 0.05) is 19.1 Å². The van der Waals surface area contributed by atoms with E-state index < -0.39 is 4.92 Å². The summed E-state index contributed by atoms with van der Waals surface area (Å²) in [5.74, 6) is 0.326. The van der Waals surface area contributed by atoms with Crippen molar-refractivity contribution in [3.8, 4) is 11.5 Å². The molecule has 1 aromatic carbocycles. The molecule has 1 amide bonds. The fraction of sp³-hybridized carbons (Fsp3) is 0.462. The third-order valence-electron chi connectivity index (χ3n) is 2.94. The van der Waals surface area contributed by atoms with Crippen LogP contribution in [0.25, 0.3) is 0 Å². The third kappa shape index (κ3) is 3.82. The van der Waals surface area contributed by atoms with Crippen LogP contribution in [-0.4, -0.2) is 35.8 Å². The van der Waals surface area contributed by atoms with Crippen molar-refractivity contribution < 1.29 is 24.3 Å². The minimum Gasteiger partial charge on any atom is -0.486 e. The molecule has 1 aromatic rings. The lowest BCUT2D eigenvalue weighted by atomic mass is 10.2. The summed E-state index contributed by atoms with van der Waals surface area (Å²) in [4.78, 5) is 22.2. The van der Waals surface area contributed by atoms with Crippen LogP contribution in [0.15, 0.2) is 12.1 Å². The second-order valence-electron chi connectivity index (χ2n) is 4.50. The van der Waals surface area contributed by atoms with Crippen molar-refractivity contribution >= 4 is 17.3 Å². The van der Waals surface area contributed by atoms with Gasteiger partial charge in [-0.3, -0.25) is 14.9 Å². The molecule has 0 unspecified atom stereocenters. The molecular weight excluding hydrogens is 280 g/mol. The second kappa shape index (κ2) is 6.89. The van der Waals surface area contributed by atoms with Crippen molar-refractivity contribution in [3.05, 3.63) is 22.2 Å². The summed E-state index contributed by atoms with van der Waals surface area (Å²) in [7, 11) is 0. The first-order chi connectivity index (χ1) is 10.1. The SMILES string of the molecule is O=C(CCCCO)Nc1cc2c(cc1[N+](=O)[O-])OCCO2. The number of hydrogen-bond acceptors (Lipinski definition) is 6. The Bertz CT molecular complexity index is 546. The highest BCUT2D eigenvalue weighted by Crippen LogP contribution is 2.39. The van der Waals surface area contributed by atoms with E-state index in [1.165, 1.54) is 12.1 Å². The molecule has 0 saturated heterocycles. The number of unbranched alkanes of at least 4 members (excludes halogenated alkanes) is 1. The number of carbonyl (C=O) groups is 1. The van der Waals surface area contributed by atoms with Crippen LogP contribution in [-0.2, 0) is 4.79 Å². The molecule has 21 heavy (non-hydrogen) atoms. The number of aliphatic hydroxyl groups is 1. The highest BCUT2D eigenvalue weighted by molar-refractivity contribution is 5.93. The van der Waals surface area contributed by atoms with Crippen molar-refractivity contribution in [1.29, 1.82) is 0 Å². The second-order valence-corrected chi connectivity index (χ2v) is 4.50. The standard InChI is InChI=1S/C13H16N2O6/c16-4-2-1-3-13(17)14-9-7-11-12(21-6-5-20-11)8-10(9)15(18)19/h7-8,16H,1-6H2,(H,14,17). The maximum Gasteiger partial charge on any atom is 0.296 e. The highest BCUT2D eigenvalue weighted by Gasteiger charge is 2.23. The molecule has 1 aliphatic rings. The number of nitrogens with one attached hydrogen (secondary N) is 1. The molecule has 8 heteroatoms. The molecule has 0 spiro atoms. The summed E-state index contributed by atoms with van der Waals surface area (Å²) in [6.07, 6.45) is 1.21. The molecule has 1 heterocycles. The number of carbonyl (C=O) groups excluding carboxylic acids is 1. The third-order valence-corrected chi connectivity index (χ3v) is 2.94. The number of amides is 1. The molecule has 0 bridgehead atoms. The summed E-state index contributed by atoms with van der Waals surface area (Å²) in [6.45, 7) is 0.698. The number of hydrogen-bond donors (Lipinski definition) is 2. The molecule has 0 aromatic heterocycles. The maximum atomic E-state index is 11.7. The lowest BCUT2D eigenvalue weighted by Gasteiger charge is -2.19. The van der Waals surface area contributed by atoms with E-state index in [-0.39, 0.29) is 30.3 Å². The Morgan fingerprint density at radius 1 is 1.29 bits per heavy atom. The molecular formula is C13H16N2O6. The zero-order valence-electron chi connectivity index (χ0n) is 11.3. The van der Waals surface area contributed by atoms with Gasteiger partial charge < -0.3 is 19.9 Å². The largest absolute Gasteiger partial charge is 0.486 e. The summed E-state index contributed by atoms with van der Waals surface area (Å²) in [5, 5.41) is 22.2. The van der Waals surface area contributed by atoms with Crippen molar-refractivity contribution in [3.63, 3.8) is 0 Å². The molecule has 2 N–H and O–H groups in total. The van der Waals surface area contributed by atoms with E-state index in [1.807, 2.05) is 0 Å². The van der Waals surface area contributed by atoms with Crippen molar-refractivity contribution in [2.75, 3.05) is 25.1 Å². The van der Waals surface area contributed by atoms with Gasteiger partial charge in [-0.25, -0.2) is 0 Å². The first-order valence-electron chi connectivity index (χ1n) is 6.60. The number of ether oxygens (including phenoxy) is 2. The average Bonchev–Trinajstić information content (AvgIpc) is 2.46. The van der Waals surface area contributed by atoms with Gasteiger partial charge in [0.25, 0.3) is 5.69 Å². The molecule has 0 radical (unpaired) electrons. The Hall–Kier alpha value is -2.35. The van der Waals surface area contributed by atoms with Crippen LogP contribution in [0.3, 0.4) is 0 Å². The fourth-order valence-electron chi connectivity index (χ4n) is 1.94. The zero-order valence-corrected chi connectivity index (χ0v) is 11.3. The Morgan fingerprint density at radius 3 is 2.57 bits per heavy atom. The van der Waals surface area contributed by atoms with Crippen LogP contribution in [0.2, 0.25) is 0 Å². The number of aliphatic hydroxyl groups excluding tert-OH is 1. The quantitative estimate of drug-likeness (QED) is 0.467. The van der Waals surface area contributed by atoms with Gasteiger partial charge in [0.2, 0.25) is 5.91 Å². The number of nitrogens with zero attached hydrogens (tertiary/aromatic N) is 1. The minimum atomic E-state index is -0.582. The fourth-order valence-corrected chi connectivity index (χ4v) is 1.94. The monoisotopic (exact) mass is 296 g/mol. The summed E-state index contributed by atoms with van der Waals surface area (Å²) in [6, 6.07) is 2.65. The van der Waals surface area contributed by atoms with E-state index in [0.29, 0.717) is 37.6 Å². The van der Waals surface area contributed by atoms with Crippen molar-refractivity contribution in [2.24, 2.45) is 0 Å². The van der Waals surface area contributed by atoms with E-state index in [0.717, 1.165) is 0 Å². The van der Waals surface area contributed by atoms with Gasteiger partial charge in [-0.05, 0) is 12.8 Å². The highest BCUT2D eigenvalue weighted by atomic mass is 16.6. The van der Waals surface area contributed by atoms with E-state index in [2.05, 4.69) is 5.32 Å². The topological polar surface area (TPSA) is 111 Å². The smallest absolute Gasteiger partial charge is 0.296 e. The number of rotatable bonds is 6. The van der Waals surface area contributed by atoms with Gasteiger partial charge in [0.05, 0.1) is 11.0 Å². The van der Waals surface area contributed by atoms with Crippen LogP contribution >= 0.6 is 0 Å². The van der Waals surface area contributed by atoms with Crippen LogP contribution in [0.1, 0.15) is 19.3 Å². The van der Waals surface area contributed by atoms with Gasteiger partial charge in [-0.1, -0.05) is 0 Å².